The minimum atomic E-state index is 0.987. The van der Waals surface area contributed by atoms with Crippen molar-refractivity contribution >= 4 is 17.7 Å². The number of rotatable bonds is 1. The molecule has 0 saturated carbocycles. The van der Waals surface area contributed by atoms with Gasteiger partial charge < -0.3 is 5.73 Å². The zero-order valence-electron chi connectivity index (χ0n) is 9.96. The van der Waals surface area contributed by atoms with Crippen LogP contribution in [0.4, 0.5) is 5.95 Å². The fourth-order valence-corrected chi connectivity index (χ4v) is 2.32. The average molecular weight is 227 g/mol. The van der Waals surface area contributed by atoms with Crippen LogP contribution >= 0.6 is 0 Å². The van der Waals surface area contributed by atoms with E-state index in [2.05, 4.69) is 45.8 Å². The monoisotopic (exact) mass is 227 g/mol. The summed E-state index contributed by atoms with van der Waals surface area (Å²) in [6, 6.07) is 4.18. The molecule has 4 nitrogen and oxygen atoms in total. The van der Waals surface area contributed by atoms with Crippen molar-refractivity contribution < 1.29 is 13.5 Å². The number of imidazole rings is 1. The number of nitrogens with two attached hydrogens (primary N) is 1. The minimum Gasteiger partial charge on any atom is -0.399 e. The highest BCUT2D eigenvalue weighted by atomic mass is 15.3. The predicted octanol–water partition coefficient (Wildman–Crippen LogP) is 0.0807. The third-order valence-corrected chi connectivity index (χ3v) is 3.30. The van der Waals surface area contributed by atoms with Crippen LogP contribution in [-0.4, -0.2) is 10.8 Å². The zero-order valence-corrected chi connectivity index (χ0v) is 9.96. The molecule has 0 amide bonds. The number of hydrogen-bond acceptors (Lipinski definition) is 1. The van der Waals surface area contributed by atoms with Gasteiger partial charge in [-0.15, -0.1) is 0 Å². The molecule has 0 unspecified atom stereocenters. The molecule has 2 N–H and O–H groups in total. The second-order valence-electron chi connectivity index (χ2n) is 4.18. The van der Waals surface area contributed by atoms with Gasteiger partial charge in [-0.25, -0.2) is 0 Å². The summed E-state index contributed by atoms with van der Waals surface area (Å²) >= 11 is 0. The quantitative estimate of drug-likeness (QED) is 0.544. The number of nitrogens with zero attached hydrogens (tertiary/aromatic N) is 3. The first-order chi connectivity index (χ1) is 8.24. The molecule has 0 bridgehead atoms. The summed E-state index contributed by atoms with van der Waals surface area (Å²) in [5.74, 6) is 1.09. The molecule has 3 rings (SSSR count). The van der Waals surface area contributed by atoms with Gasteiger partial charge in [-0.2, -0.15) is 21.1 Å². The Morgan fingerprint density at radius 2 is 2.24 bits per heavy atom. The number of aryl methyl sites for hydroxylation is 1. The van der Waals surface area contributed by atoms with Crippen LogP contribution in [0.3, 0.4) is 0 Å². The first-order valence-corrected chi connectivity index (χ1v) is 5.59. The molecule has 0 atom stereocenters. The van der Waals surface area contributed by atoms with Crippen molar-refractivity contribution in [2.75, 3.05) is 0 Å². The Kier molecular flexibility index (Phi) is 1.98. The molecule has 0 aliphatic carbocycles. The van der Waals surface area contributed by atoms with Gasteiger partial charge in [-0.05, 0) is 6.92 Å². The molecular formula is C13H15N4+. The molecule has 86 valence electrons. The SMILES string of the molecule is C[c-]1[c-]2ccc[n+]2c([N+]2=CC=CC2=CN)[n+]1C. The molecule has 0 fully saturated rings. The average Bonchev–Trinajstić information content (AvgIpc) is 3.00. The normalized spacial score (nSPS) is 17.3. The second-order valence-corrected chi connectivity index (χ2v) is 4.18. The standard InChI is InChI=1S/C13H14N4/c1-10-12-6-4-8-17(12)13(15(10)2)16-7-3-5-11(16)9-14/h3-9,14H,1-2H3/p+1. The van der Waals surface area contributed by atoms with E-state index in [4.69, 9.17) is 5.73 Å². The van der Waals surface area contributed by atoms with Crippen molar-refractivity contribution in [1.29, 1.82) is 0 Å². The number of allylic oxidation sites excluding steroid dienone is 2. The van der Waals surface area contributed by atoms with Crippen LogP contribution in [0.25, 0.3) is 5.52 Å². The third kappa shape index (κ3) is 1.21. The smallest absolute Gasteiger partial charge is 0.399 e. The maximum Gasteiger partial charge on any atom is 0.615 e. The van der Waals surface area contributed by atoms with Crippen molar-refractivity contribution in [1.82, 2.24) is 0 Å². The fourth-order valence-electron chi connectivity index (χ4n) is 2.32. The van der Waals surface area contributed by atoms with Gasteiger partial charge in [0.15, 0.2) is 6.21 Å². The van der Waals surface area contributed by atoms with Gasteiger partial charge >= 0.3 is 5.95 Å². The fraction of sp³-hybridized carbons (Fsp3) is 0.154. The summed E-state index contributed by atoms with van der Waals surface area (Å²) in [4.78, 5) is 0. The molecule has 1 aliphatic heterocycles. The summed E-state index contributed by atoms with van der Waals surface area (Å²) in [5.41, 5.74) is 9.09. The maximum atomic E-state index is 5.64. The highest BCUT2D eigenvalue weighted by Gasteiger charge is 2.34. The molecule has 2 aromatic rings. The summed E-state index contributed by atoms with van der Waals surface area (Å²) in [5, 5.41) is 0. The number of aromatic nitrogens is 2. The van der Waals surface area contributed by atoms with Crippen LogP contribution in [0.1, 0.15) is 5.69 Å². The van der Waals surface area contributed by atoms with Crippen LogP contribution in [0, 0.1) is 6.92 Å². The maximum absolute atomic E-state index is 5.64. The zero-order chi connectivity index (χ0) is 12.0. The first-order valence-electron chi connectivity index (χ1n) is 5.59. The van der Waals surface area contributed by atoms with E-state index >= 15 is 0 Å². The molecule has 0 radical (unpaired) electrons. The molecule has 0 saturated heterocycles. The largest absolute Gasteiger partial charge is 0.615 e. The van der Waals surface area contributed by atoms with E-state index in [0.29, 0.717) is 0 Å². The summed E-state index contributed by atoms with van der Waals surface area (Å²) in [7, 11) is 2.07. The molecular weight excluding hydrogens is 212 g/mol. The molecule has 3 heterocycles. The third-order valence-electron chi connectivity index (χ3n) is 3.30. The van der Waals surface area contributed by atoms with Crippen molar-refractivity contribution in [3.63, 3.8) is 0 Å². The van der Waals surface area contributed by atoms with E-state index in [1.807, 2.05) is 18.4 Å². The Morgan fingerprint density at radius 1 is 1.41 bits per heavy atom. The molecule has 0 aromatic carbocycles. The Bertz CT molecular complexity index is 680. The van der Waals surface area contributed by atoms with Crippen LogP contribution in [0.2, 0.25) is 0 Å². The lowest BCUT2D eigenvalue weighted by atomic mass is 10.4. The topological polar surface area (TPSA) is 37.0 Å². The van der Waals surface area contributed by atoms with Gasteiger partial charge in [0, 0.05) is 12.2 Å². The van der Waals surface area contributed by atoms with Crippen LogP contribution in [-0.2, 0) is 7.05 Å². The van der Waals surface area contributed by atoms with Gasteiger partial charge in [0.2, 0.25) is 5.70 Å². The second kappa shape index (κ2) is 3.38. The molecule has 2 aromatic heterocycles. The van der Waals surface area contributed by atoms with E-state index in [0.717, 1.165) is 11.6 Å². The lowest BCUT2D eigenvalue weighted by Gasteiger charge is -1.93. The van der Waals surface area contributed by atoms with Gasteiger partial charge in [-0.3, -0.25) is 0 Å². The van der Waals surface area contributed by atoms with E-state index in [1.165, 1.54) is 11.2 Å². The molecule has 4 heteroatoms. The predicted molar refractivity (Wildman–Crippen MR) is 64.1 cm³/mol. The highest BCUT2D eigenvalue weighted by molar-refractivity contribution is 5.71. The highest BCUT2D eigenvalue weighted by Crippen LogP contribution is 2.15. The van der Waals surface area contributed by atoms with Crippen LogP contribution in [0.5, 0.6) is 0 Å². The van der Waals surface area contributed by atoms with E-state index in [9.17, 15) is 0 Å². The van der Waals surface area contributed by atoms with Gasteiger partial charge in [0.25, 0.3) is 0 Å². The van der Waals surface area contributed by atoms with Crippen LogP contribution < -0.4 is 14.7 Å². The van der Waals surface area contributed by atoms with E-state index in [-0.39, 0.29) is 0 Å². The summed E-state index contributed by atoms with van der Waals surface area (Å²) < 4.78 is 6.42. The number of hydrogen-bond donors (Lipinski definition) is 1. The van der Waals surface area contributed by atoms with Gasteiger partial charge in [0.05, 0.1) is 17.9 Å². The van der Waals surface area contributed by atoms with Crippen molar-refractivity contribution in [3.05, 3.63) is 48.1 Å². The molecule has 17 heavy (non-hydrogen) atoms. The van der Waals surface area contributed by atoms with Crippen molar-refractivity contribution in [3.8, 4) is 0 Å². The molecule has 0 spiro atoms. The Morgan fingerprint density at radius 3 is 3.00 bits per heavy atom. The molecule has 1 aliphatic rings. The van der Waals surface area contributed by atoms with Gasteiger partial charge in [-0.1, -0.05) is 4.58 Å². The first kappa shape index (κ1) is 9.96. The number of fused-ring (bicyclic) bond motifs is 1. The van der Waals surface area contributed by atoms with E-state index < -0.39 is 0 Å². The Hall–Kier alpha value is -2.23. The van der Waals surface area contributed by atoms with Crippen molar-refractivity contribution in [2.45, 2.75) is 6.92 Å². The summed E-state index contributed by atoms with van der Waals surface area (Å²) in [6.45, 7) is 2.12. The summed E-state index contributed by atoms with van der Waals surface area (Å²) in [6.07, 6.45) is 9.70. The minimum absolute atomic E-state index is 0.987. The lowest BCUT2D eigenvalue weighted by molar-refractivity contribution is -0.780. The Labute approximate surface area is 99.6 Å². The Balaban J connectivity index is 2.32. The van der Waals surface area contributed by atoms with E-state index in [1.54, 1.807) is 6.20 Å². The van der Waals surface area contributed by atoms with Gasteiger partial charge in [0.1, 0.15) is 12.7 Å². The van der Waals surface area contributed by atoms with Crippen molar-refractivity contribution in [2.24, 2.45) is 12.8 Å². The van der Waals surface area contributed by atoms with Crippen LogP contribution in [0.15, 0.2) is 42.4 Å². The lowest BCUT2D eigenvalue weighted by Crippen LogP contribution is -2.38.